The first-order chi connectivity index (χ1) is 16.6. The molecule has 0 bridgehead atoms. The molecule has 0 radical (unpaired) electrons. The van der Waals surface area contributed by atoms with Crippen LogP contribution >= 0.6 is 11.6 Å². The minimum absolute atomic E-state index is 0.112. The molecule has 0 amide bonds. The van der Waals surface area contributed by atoms with Crippen LogP contribution in [-0.2, 0) is 31.4 Å². The van der Waals surface area contributed by atoms with Gasteiger partial charge in [-0.3, -0.25) is 9.69 Å². The summed E-state index contributed by atoms with van der Waals surface area (Å²) in [5.74, 6) is 0.307. The molecule has 0 fully saturated rings. The minimum atomic E-state index is -0.112. The standard InChI is InChI=1S/C25H25ClN6O2/c1-31-21-8-10-32(11-12-34-16-17-5-3-2-4-6-17)15-19(21)13-20(24(31)33)29-25-28-14-18-7-9-27-23(26)22(18)30-25/h2-7,9,13-14H,8,10-12,15-16H2,1H3,(H,28,29,30). The Morgan fingerprint density at radius 3 is 2.88 bits per heavy atom. The van der Waals surface area contributed by atoms with Gasteiger partial charge in [0.05, 0.1) is 13.2 Å². The lowest BCUT2D eigenvalue weighted by atomic mass is 10.0. The molecule has 0 aliphatic carbocycles. The van der Waals surface area contributed by atoms with Crippen LogP contribution in [0.15, 0.2) is 59.7 Å². The molecule has 9 heteroatoms. The maximum Gasteiger partial charge on any atom is 0.274 e. The number of anilines is 2. The number of hydrogen-bond donors (Lipinski definition) is 1. The first-order valence-electron chi connectivity index (χ1n) is 11.2. The van der Waals surface area contributed by atoms with Crippen molar-refractivity contribution < 1.29 is 4.74 Å². The van der Waals surface area contributed by atoms with Gasteiger partial charge in [0, 0.05) is 56.6 Å². The van der Waals surface area contributed by atoms with Crippen molar-refractivity contribution in [1.29, 1.82) is 0 Å². The molecule has 1 aromatic carbocycles. The number of pyridine rings is 2. The van der Waals surface area contributed by atoms with E-state index in [-0.39, 0.29) is 5.56 Å². The second-order valence-corrected chi connectivity index (χ2v) is 8.67. The fraction of sp³-hybridized carbons (Fsp3) is 0.280. The van der Waals surface area contributed by atoms with Gasteiger partial charge < -0.3 is 14.6 Å². The summed E-state index contributed by atoms with van der Waals surface area (Å²) in [5, 5.41) is 4.17. The van der Waals surface area contributed by atoms with Gasteiger partial charge in [0.2, 0.25) is 5.95 Å². The number of nitrogens with zero attached hydrogens (tertiary/aromatic N) is 5. The van der Waals surface area contributed by atoms with Crippen LogP contribution in [0.2, 0.25) is 5.15 Å². The molecule has 174 valence electrons. The molecule has 5 rings (SSSR count). The molecular weight excluding hydrogens is 452 g/mol. The van der Waals surface area contributed by atoms with E-state index in [2.05, 4.69) is 37.3 Å². The minimum Gasteiger partial charge on any atom is -0.375 e. The van der Waals surface area contributed by atoms with Crippen LogP contribution in [0.3, 0.4) is 0 Å². The Bertz CT molecular complexity index is 1380. The number of benzene rings is 1. The average Bonchev–Trinajstić information content (AvgIpc) is 2.86. The molecule has 4 heterocycles. The summed E-state index contributed by atoms with van der Waals surface area (Å²) >= 11 is 6.18. The summed E-state index contributed by atoms with van der Waals surface area (Å²) in [5.41, 5.74) is 4.20. The highest BCUT2D eigenvalue weighted by Gasteiger charge is 2.21. The molecule has 1 aliphatic heterocycles. The van der Waals surface area contributed by atoms with Crippen molar-refractivity contribution in [3.8, 4) is 0 Å². The Morgan fingerprint density at radius 1 is 1.18 bits per heavy atom. The first kappa shape index (κ1) is 22.5. The van der Waals surface area contributed by atoms with Gasteiger partial charge in [-0.2, -0.15) is 0 Å². The lowest BCUT2D eigenvalue weighted by Crippen LogP contribution is -2.37. The van der Waals surface area contributed by atoms with E-state index in [1.54, 1.807) is 23.0 Å². The zero-order valence-corrected chi connectivity index (χ0v) is 19.6. The van der Waals surface area contributed by atoms with Crippen molar-refractivity contribution in [2.24, 2.45) is 7.05 Å². The number of ether oxygens (including phenoxy) is 1. The molecule has 4 aromatic rings. The molecule has 0 saturated carbocycles. The van der Waals surface area contributed by atoms with Gasteiger partial charge in [0.1, 0.15) is 11.2 Å². The third kappa shape index (κ3) is 4.79. The van der Waals surface area contributed by atoms with E-state index >= 15 is 0 Å². The number of fused-ring (bicyclic) bond motifs is 2. The Balaban J connectivity index is 1.28. The second-order valence-electron chi connectivity index (χ2n) is 8.32. The molecule has 0 saturated heterocycles. The summed E-state index contributed by atoms with van der Waals surface area (Å²) in [6, 6.07) is 13.9. The summed E-state index contributed by atoms with van der Waals surface area (Å²) in [6.45, 7) is 3.74. The van der Waals surface area contributed by atoms with Crippen molar-refractivity contribution in [3.05, 3.63) is 87.2 Å². The van der Waals surface area contributed by atoms with E-state index in [0.29, 0.717) is 35.5 Å². The summed E-state index contributed by atoms with van der Waals surface area (Å²) < 4.78 is 7.58. The highest BCUT2D eigenvalue weighted by Crippen LogP contribution is 2.23. The molecule has 0 atom stereocenters. The number of nitrogens with one attached hydrogen (secondary N) is 1. The van der Waals surface area contributed by atoms with Gasteiger partial charge in [-0.1, -0.05) is 41.9 Å². The predicted octanol–water partition coefficient (Wildman–Crippen LogP) is 3.70. The average molecular weight is 477 g/mol. The fourth-order valence-corrected chi connectivity index (χ4v) is 4.44. The summed E-state index contributed by atoms with van der Waals surface area (Å²) in [7, 11) is 1.81. The molecule has 34 heavy (non-hydrogen) atoms. The van der Waals surface area contributed by atoms with Crippen LogP contribution in [0.1, 0.15) is 16.8 Å². The van der Waals surface area contributed by atoms with Crippen molar-refractivity contribution in [1.82, 2.24) is 24.4 Å². The molecule has 1 N–H and O–H groups in total. The fourth-order valence-electron chi connectivity index (χ4n) is 4.23. The smallest absolute Gasteiger partial charge is 0.274 e. The Morgan fingerprint density at radius 2 is 2.03 bits per heavy atom. The monoisotopic (exact) mass is 476 g/mol. The summed E-state index contributed by atoms with van der Waals surface area (Å²) in [4.78, 5) is 28.2. The number of hydrogen-bond acceptors (Lipinski definition) is 7. The summed E-state index contributed by atoms with van der Waals surface area (Å²) in [6.07, 6.45) is 4.09. The largest absolute Gasteiger partial charge is 0.375 e. The number of aromatic nitrogens is 4. The third-order valence-electron chi connectivity index (χ3n) is 6.05. The normalized spacial score (nSPS) is 13.7. The SMILES string of the molecule is Cn1c2c(cc(Nc3ncc4ccnc(Cl)c4n3)c1=O)CN(CCOCc1ccccc1)CC2. The Hall–Kier alpha value is -3.33. The van der Waals surface area contributed by atoms with Crippen LogP contribution in [0.5, 0.6) is 0 Å². The van der Waals surface area contributed by atoms with E-state index in [0.717, 1.165) is 42.7 Å². The van der Waals surface area contributed by atoms with E-state index in [4.69, 9.17) is 16.3 Å². The molecule has 1 aliphatic rings. The van der Waals surface area contributed by atoms with Crippen LogP contribution in [0.4, 0.5) is 11.6 Å². The van der Waals surface area contributed by atoms with Crippen LogP contribution < -0.4 is 10.9 Å². The van der Waals surface area contributed by atoms with Crippen LogP contribution in [0.25, 0.3) is 10.9 Å². The Labute approximate surface area is 202 Å². The molecule has 0 spiro atoms. The Kier molecular flexibility index (Phi) is 6.53. The van der Waals surface area contributed by atoms with E-state index in [1.807, 2.05) is 31.3 Å². The van der Waals surface area contributed by atoms with Crippen molar-refractivity contribution in [3.63, 3.8) is 0 Å². The van der Waals surface area contributed by atoms with Crippen LogP contribution in [0, 0.1) is 0 Å². The zero-order chi connectivity index (χ0) is 23.5. The first-order valence-corrected chi connectivity index (χ1v) is 11.6. The van der Waals surface area contributed by atoms with Gasteiger partial charge in [-0.15, -0.1) is 0 Å². The van der Waals surface area contributed by atoms with Gasteiger partial charge in [-0.25, -0.2) is 15.0 Å². The number of rotatable bonds is 7. The molecule has 3 aromatic heterocycles. The topological polar surface area (TPSA) is 85.2 Å². The highest BCUT2D eigenvalue weighted by atomic mass is 35.5. The molecule has 8 nitrogen and oxygen atoms in total. The van der Waals surface area contributed by atoms with Gasteiger partial charge in [0.15, 0.2) is 5.15 Å². The third-order valence-corrected chi connectivity index (χ3v) is 6.33. The van der Waals surface area contributed by atoms with E-state index < -0.39 is 0 Å². The van der Waals surface area contributed by atoms with E-state index in [9.17, 15) is 4.79 Å². The number of halogens is 1. The highest BCUT2D eigenvalue weighted by molar-refractivity contribution is 6.33. The lowest BCUT2D eigenvalue weighted by molar-refractivity contribution is 0.0881. The zero-order valence-electron chi connectivity index (χ0n) is 18.9. The van der Waals surface area contributed by atoms with Crippen molar-refractivity contribution in [2.75, 3.05) is 25.0 Å². The molecule has 0 unspecified atom stereocenters. The van der Waals surface area contributed by atoms with Crippen molar-refractivity contribution >= 4 is 34.1 Å². The van der Waals surface area contributed by atoms with Gasteiger partial charge >= 0.3 is 0 Å². The molecular formula is C25H25ClN6O2. The quantitative estimate of drug-likeness (QED) is 0.321. The lowest BCUT2D eigenvalue weighted by Gasteiger charge is -2.30. The maximum absolute atomic E-state index is 13.0. The van der Waals surface area contributed by atoms with E-state index in [1.165, 1.54) is 5.56 Å². The van der Waals surface area contributed by atoms with Crippen LogP contribution in [-0.4, -0.2) is 44.1 Å². The van der Waals surface area contributed by atoms with Gasteiger partial charge in [-0.05, 0) is 23.3 Å². The van der Waals surface area contributed by atoms with Crippen molar-refractivity contribution in [2.45, 2.75) is 19.6 Å². The second kappa shape index (κ2) is 9.89. The maximum atomic E-state index is 13.0. The predicted molar refractivity (Wildman–Crippen MR) is 132 cm³/mol. The van der Waals surface area contributed by atoms with Gasteiger partial charge in [0.25, 0.3) is 5.56 Å².